The summed E-state index contributed by atoms with van der Waals surface area (Å²) < 4.78 is 0. The second-order valence-electron chi connectivity index (χ2n) is 5.48. The average molecular weight is 305 g/mol. The van der Waals surface area contributed by atoms with Crippen LogP contribution in [-0.4, -0.2) is 25.2 Å². The third kappa shape index (κ3) is 4.30. The molecule has 0 heterocycles. The van der Waals surface area contributed by atoms with Crippen molar-refractivity contribution in [1.29, 1.82) is 0 Å². The standard InChI is InChI=1S/C17H21ClN2O/c1-12(10-13-4-7-15(21)8-5-13)19-14-6-9-17(20(2)3)16(18)11-14/h4-9,11-12,19,21H,10H2,1-3H3. The maximum absolute atomic E-state index is 9.29. The number of phenolic OH excluding ortho intramolecular Hbond substituents is 1. The highest BCUT2D eigenvalue weighted by molar-refractivity contribution is 6.33. The molecule has 2 rings (SSSR count). The molecule has 1 atom stereocenters. The van der Waals surface area contributed by atoms with Crippen molar-refractivity contribution in [1.82, 2.24) is 0 Å². The van der Waals surface area contributed by atoms with E-state index in [0.717, 1.165) is 22.8 Å². The maximum Gasteiger partial charge on any atom is 0.115 e. The molecule has 0 aliphatic carbocycles. The van der Waals surface area contributed by atoms with Crippen molar-refractivity contribution in [3.63, 3.8) is 0 Å². The molecule has 4 heteroatoms. The molecule has 0 radical (unpaired) electrons. The van der Waals surface area contributed by atoms with Gasteiger partial charge in [-0.25, -0.2) is 0 Å². The van der Waals surface area contributed by atoms with Gasteiger partial charge in [-0.3, -0.25) is 0 Å². The minimum atomic E-state index is 0.274. The Hall–Kier alpha value is -1.87. The van der Waals surface area contributed by atoms with Gasteiger partial charge >= 0.3 is 0 Å². The molecular formula is C17H21ClN2O. The Labute approximate surface area is 131 Å². The van der Waals surface area contributed by atoms with Crippen LogP contribution in [0.2, 0.25) is 5.02 Å². The molecule has 112 valence electrons. The zero-order chi connectivity index (χ0) is 15.4. The second kappa shape index (κ2) is 6.72. The highest BCUT2D eigenvalue weighted by Gasteiger charge is 2.07. The smallest absolute Gasteiger partial charge is 0.115 e. The number of nitrogens with zero attached hydrogens (tertiary/aromatic N) is 1. The van der Waals surface area contributed by atoms with Gasteiger partial charge in [-0.2, -0.15) is 0 Å². The zero-order valence-electron chi connectivity index (χ0n) is 12.6. The number of anilines is 2. The lowest BCUT2D eigenvalue weighted by Crippen LogP contribution is -2.18. The molecule has 21 heavy (non-hydrogen) atoms. The highest BCUT2D eigenvalue weighted by Crippen LogP contribution is 2.27. The molecule has 0 aromatic heterocycles. The lowest BCUT2D eigenvalue weighted by atomic mass is 10.1. The van der Waals surface area contributed by atoms with Crippen LogP contribution in [0, 0.1) is 0 Å². The molecule has 0 saturated heterocycles. The maximum atomic E-state index is 9.29. The molecule has 0 aliphatic rings. The summed E-state index contributed by atoms with van der Waals surface area (Å²) in [5.41, 5.74) is 3.20. The summed E-state index contributed by atoms with van der Waals surface area (Å²) in [5.74, 6) is 0.297. The summed E-state index contributed by atoms with van der Waals surface area (Å²) >= 11 is 6.28. The van der Waals surface area contributed by atoms with Gasteiger partial charge in [0.2, 0.25) is 0 Å². The predicted octanol–water partition coefficient (Wildman–Crippen LogP) is 4.15. The van der Waals surface area contributed by atoms with E-state index in [1.54, 1.807) is 12.1 Å². The summed E-state index contributed by atoms with van der Waals surface area (Å²) in [4.78, 5) is 1.99. The highest BCUT2D eigenvalue weighted by atomic mass is 35.5. The monoisotopic (exact) mass is 304 g/mol. The SMILES string of the molecule is CC(Cc1ccc(O)cc1)Nc1ccc(N(C)C)c(Cl)c1. The van der Waals surface area contributed by atoms with Crippen molar-refractivity contribution < 1.29 is 5.11 Å². The molecule has 2 aromatic rings. The van der Waals surface area contributed by atoms with Gasteiger partial charge in [0, 0.05) is 25.8 Å². The average Bonchev–Trinajstić information content (AvgIpc) is 2.41. The number of rotatable bonds is 5. The minimum Gasteiger partial charge on any atom is -0.508 e. The molecule has 0 spiro atoms. The van der Waals surface area contributed by atoms with Gasteiger partial charge < -0.3 is 15.3 Å². The molecule has 2 N–H and O–H groups in total. The van der Waals surface area contributed by atoms with Crippen molar-refractivity contribution in [2.24, 2.45) is 0 Å². The minimum absolute atomic E-state index is 0.274. The van der Waals surface area contributed by atoms with Gasteiger partial charge in [-0.05, 0) is 49.2 Å². The number of nitrogens with one attached hydrogen (secondary N) is 1. The normalized spacial score (nSPS) is 12.0. The fourth-order valence-electron chi connectivity index (χ4n) is 2.28. The number of hydrogen-bond acceptors (Lipinski definition) is 3. The van der Waals surface area contributed by atoms with Crippen molar-refractivity contribution in [2.75, 3.05) is 24.3 Å². The summed E-state index contributed by atoms with van der Waals surface area (Å²) in [6.45, 7) is 2.13. The van der Waals surface area contributed by atoms with Crippen LogP contribution in [0.3, 0.4) is 0 Å². The fourth-order valence-corrected chi connectivity index (χ4v) is 2.63. The molecule has 1 unspecified atom stereocenters. The van der Waals surface area contributed by atoms with Crippen molar-refractivity contribution >= 4 is 23.0 Å². The molecule has 0 bridgehead atoms. The lowest BCUT2D eigenvalue weighted by molar-refractivity contribution is 0.475. The third-order valence-corrected chi connectivity index (χ3v) is 3.62. The molecule has 3 nitrogen and oxygen atoms in total. The predicted molar refractivity (Wildman–Crippen MR) is 90.7 cm³/mol. The molecule has 0 saturated carbocycles. The van der Waals surface area contributed by atoms with Gasteiger partial charge in [-0.15, -0.1) is 0 Å². The van der Waals surface area contributed by atoms with E-state index in [1.165, 1.54) is 5.56 Å². The topological polar surface area (TPSA) is 35.5 Å². The Morgan fingerprint density at radius 3 is 2.38 bits per heavy atom. The summed E-state index contributed by atoms with van der Waals surface area (Å²) in [7, 11) is 3.95. The molecule has 0 aliphatic heterocycles. The number of aromatic hydroxyl groups is 1. The number of hydrogen-bond donors (Lipinski definition) is 2. The van der Waals surface area contributed by atoms with Crippen LogP contribution in [0.1, 0.15) is 12.5 Å². The van der Waals surface area contributed by atoms with Gasteiger partial charge in [0.1, 0.15) is 5.75 Å². The van der Waals surface area contributed by atoms with Crippen molar-refractivity contribution in [3.8, 4) is 5.75 Å². The Morgan fingerprint density at radius 1 is 1.14 bits per heavy atom. The number of phenols is 1. The number of benzene rings is 2. The lowest BCUT2D eigenvalue weighted by Gasteiger charge is -2.18. The molecular weight excluding hydrogens is 284 g/mol. The van der Waals surface area contributed by atoms with Gasteiger partial charge in [0.05, 0.1) is 10.7 Å². The summed E-state index contributed by atoms with van der Waals surface area (Å²) in [5, 5.41) is 13.5. The first-order valence-corrected chi connectivity index (χ1v) is 7.35. The first-order valence-electron chi connectivity index (χ1n) is 6.97. The first kappa shape index (κ1) is 15.5. The molecule has 0 fully saturated rings. The van der Waals surface area contributed by atoms with E-state index in [1.807, 2.05) is 49.3 Å². The van der Waals surface area contributed by atoms with E-state index < -0.39 is 0 Å². The molecule has 0 amide bonds. The third-order valence-electron chi connectivity index (χ3n) is 3.32. The van der Waals surface area contributed by atoms with E-state index in [9.17, 15) is 5.11 Å². The molecule has 2 aromatic carbocycles. The van der Waals surface area contributed by atoms with Crippen LogP contribution in [0.4, 0.5) is 11.4 Å². The van der Waals surface area contributed by atoms with Crippen LogP contribution < -0.4 is 10.2 Å². The first-order chi connectivity index (χ1) is 9.95. The zero-order valence-corrected chi connectivity index (χ0v) is 13.4. The van der Waals surface area contributed by atoms with Gasteiger partial charge in [0.15, 0.2) is 0 Å². The van der Waals surface area contributed by atoms with Crippen molar-refractivity contribution in [2.45, 2.75) is 19.4 Å². The van der Waals surface area contributed by atoms with Crippen LogP contribution in [-0.2, 0) is 6.42 Å². The van der Waals surface area contributed by atoms with Crippen LogP contribution in [0.5, 0.6) is 5.75 Å². The van der Waals surface area contributed by atoms with E-state index in [0.29, 0.717) is 5.75 Å². The second-order valence-corrected chi connectivity index (χ2v) is 5.88. The van der Waals surface area contributed by atoms with Gasteiger partial charge in [-0.1, -0.05) is 23.7 Å². The van der Waals surface area contributed by atoms with E-state index in [4.69, 9.17) is 11.6 Å². The van der Waals surface area contributed by atoms with Crippen LogP contribution >= 0.6 is 11.6 Å². The van der Waals surface area contributed by atoms with Gasteiger partial charge in [0.25, 0.3) is 0 Å². The Balaban J connectivity index is 2.00. The summed E-state index contributed by atoms with van der Waals surface area (Å²) in [6.07, 6.45) is 0.882. The Bertz CT molecular complexity index is 596. The Kier molecular flexibility index (Phi) is 4.97. The Morgan fingerprint density at radius 2 is 1.81 bits per heavy atom. The van der Waals surface area contributed by atoms with Crippen LogP contribution in [0.15, 0.2) is 42.5 Å². The quantitative estimate of drug-likeness (QED) is 0.871. The van der Waals surface area contributed by atoms with E-state index >= 15 is 0 Å². The van der Waals surface area contributed by atoms with Crippen molar-refractivity contribution in [3.05, 3.63) is 53.1 Å². The number of halogens is 1. The summed E-state index contributed by atoms with van der Waals surface area (Å²) in [6, 6.07) is 13.6. The van der Waals surface area contributed by atoms with E-state index in [-0.39, 0.29) is 6.04 Å². The van der Waals surface area contributed by atoms with E-state index in [2.05, 4.69) is 12.2 Å². The fraction of sp³-hybridized carbons (Fsp3) is 0.294. The largest absolute Gasteiger partial charge is 0.508 e. The van der Waals surface area contributed by atoms with Crippen LogP contribution in [0.25, 0.3) is 0 Å².